The molecule has 2 nitrogen and oxygen atoms in total. The van der Waals surface area contributed by atoms with Crippen molar-refractivity contribution in [2.75, 3.05) is 12.5 Å². The molecular formula is C16H31NOS2. The molecule has 0 aliphatic rings. The predicted molar refractivity (Wildman–Crippen MR) is 96.8 cm³/mol. The zero-order valence-corrected chi connectivity index (χ0v) is 15.7. The first-order valence-corrected chi connectivity index (χ1v) is 10.5. The molecule has 0 aliphatic heterocycles. The van der Waals surface area contributed by atoms with Crippen LogP contribution in [-0.2, 0) is 15.7 Å². The van der Waals surface area contributed by atoms with Gasteiger partial charge in [-0.05, 0) is 38.8 Å². The highest BCUT2D eigenvalue weighted by atomic mass is 32.3. The third kappa shape index (κ3) is 3.86. The van der Waals surface area contributed by atoms with Crippen LogP contribution in [0.2, 0.25) is 0 Å². The Morgan fingerprint density at radius 3 is 1.90 bits per heavy atom. The maximum Gasteiger partial charge on any atom is 0.110 e. The molecule has 0 unspecified atom stereocenters. The number of rotatable bonds is 4. The minimum absolute atomic E-state index is 0. The van der Waals surface area contributed by atoms with E-state index in [1.165, 1.54) is 5.56 Å². The van der Waals surface area contributed by atoms with Crippen LogP contribution in [-0.4, -0.2) is 21.5 Å². The third-order valence-corrected chi connectivity index (χ3v) is 10.5. The van der Waals surface area contributed by atoms with Gasteiger partial charge in [-0.2, -0.15) is 14.3 Å². The van der Waals surface area contributed by atoms with Gasteiger partial charge in [0.25, 0.3) is 0 Å². The summed E-state index contributed by atoms with van der Waals surface area (Å²) in [5.74, 6) is 0. The monoisotopic (exact) mass is 317 g/mol. The van der Waals surface area contributed by atoms with Crippen molar-refractivity contribution < 1.29 is 5.64 Å². The number of nitrogens with one attached hydrogen (secondary N) is 1. The lowest BCUT2D eigenvalue weighted by molar-refractivity contribution is 0.640. The standard InChI is InChI=1S/C16H29NOS2.H2/c1-13-9-11-14(12-10-13)16(5,6)19(18)17-20(7,8)15(2,3)4;/h9-12,17H,1-8H3;1H/t19-;/m1./s1. The SMILES string of the molecule is Cc1ccc(C(C)(C)[S@@](=O)NS(C)(C)C(C)(C)C)cc1.[HH]. The summed E-state index contributed by atoms with van der Waals surface area (Å²) in [6, 6.07) is 8.31. The highest BCUT2D eigenvalue weighted by Crippen LogP contribution is 2.50. The van der Waals surface area contributed by atoms with Gasteiger partial charge in [0.2, 0.25) is 0 Å². The van der Waals surface area contributed by atoms with E-state index in [1.807, 2.05) is 13.8 Å². The highest BCUT2D eigenvalue weighted by molar-refractivity contribution is 8.35. The molecule has 0 spiro atoms. The van der Waals surface area contributed by atoms with Crippen molar-refractivity contribution in [2.24, 2.45) is 0 Å². The molecule has 1 aromatic carbocycles. The summed E-state index contributed by atoms with van der Waals surface area (Å²) in [4.78, 5) is 0. The minimum Gasteiger partial charge on any atom is -0.241 e. The first-order chi connectivity index (χ1) is 8.88. The normalized spacial score (nSPS) is 16.0. The van der Waals surface area contributed by atoms with Gasteiger partial charge in [0, 0.05) is 6.17 Å². The molecule has 0 aromatic heterocycles. The minimum atomic E-state index is -1.15. The number of hydrogen-bond acceptors (Lipinski definition) is 1. The van der Waals surface area contributed by atoms with E-state index in [4.69, 9.17) is 0 Å². The number of aryl methyl sites for hydroxylation is 1. The van der Waals surface area contributed by atoms with Crippen molar-refractivity contribution in [3.8, 4) is 0 Å². The zero-order valence-electron chi connectivity index (χ0n) is 14.0. The molecule has 118 valence electrons. The fraction of sp³-hybridized carbons (Fsp3) is 0.625. The van der Waals surface area contributed by atoms with Crippen molar-refractivity contribution in [1.29, 1.82) is 0 Å². The van der Waals surface area contributed by atoms with Crippen molar-refractivity contribution in [1.82, 2.24) is 4.13 Å². The van der Waals surface area contributed by atoms with E-state index in [-0.39, 0.29) is 6.17 Å². The van der Waals surface area contributed by atoms with Gasteiger partial charge in [0.05, 0.1) is 4.75 Å². The lowest BCUT2D eigenvalue weighted by Crippen LogP contribution is -2.41. The van der Waals surface area contributed by atoms with Crippen LogP contribution in [0.25, 0.3) is 0 Å². The maximum absolute atomic E-state index is 12.8. The van der Waals surface area contributed by atoms with Gasteiger partial charge >= 0.3 is 0 Å². The van der Waals surface area contributed by atoms with Crippen molar-refractivity contribution in [2.45, 2.75) is 51.0 Å². The quantitative estimate of drug-likeness (QED) is 0.870. The van der Waals surface area contributed by atoms with E-state index in [0.29, 0.717) is 0 Å². The Morgan fingerprint density at radius 1 is 1.05 bits per heavy atom. The lowest BCUT2D eigenvalue weighted by Gasteiger charge is -2.46. The van der Waals surface area contributed by atoms with Gasteiger partial charge in [0.1, 0.15) is 11.0 Å². The maximum atomic E-state index is 12.8. The van der Waals surface area contributed by atoms with Crippen LogP contribution in [0.4, 0.5) is 0 Å². The Hall–Kier alpha value is -0.320. The van der Waals surface area contributed by atoms with Crippen LogP contribution in [0.3, 0.4) is 0 Å². The average Bonchev–Trinajstić information content (AvgIpc) is 2.27. The molecule has 0 saturated carbocycles. The molecular weight excluding hydrogens is 286 g/mol. The molecule has 1 aromatic rings. The highest BCUT2D eigenvalue weighted by Gasteiger charge is 2.35. The second kappa shape index (κ2) is 5.82. The van der Waals surface area contributed by atoms with Crippen LogP contribution < -0.4 is 4.13 Å². The van der Waals surface area contributed by atoms with Gasteiger partial charge in [-0.1, -0.05) is 50.6 Å². The molecule has 20 heavy (non-hydrogen) atoms. The molecule has 0 heterocycles. The molecule has 4 heteroatoms. The molecule has 1 atom stereocenters. The van der Waals surface area contributed by atoms with Crippen LogP contribution in [0, 0.1) is 6.92 Å². The Balaban J connectivity index is 0.00000400. The molecule has 0 radical (unpaired) electrons. The summed E-state index contributed by atoms with van der Waals surface area (Å²) in [7, 11) is -2.26. The van der Waals surface area contributed by atoms with Crippen LogP contribution >= 0.6 is 10.2 Å². The van der Waals surface area contributed by atoms with Crippen LogP contribution in [0.1, 0.15) is 47.2 Å². The van der Waals surface area contributed by atoms with Crippen molar-refractivity contribution >= 4 is 21.2 Å². The van der Waals surface area contributed by atoms with E-state index in [9.17, 15) is 4.21 Å². The molecule has 0 saturated heterocycles. The first-order valence-electron chi connectivity index (χ1n) is 6.87. The van der Waals surface area contributed by atoms with Gasteiger partial charge in [0.15, 0.2) is 0 Å². The predicted octanol–water partition coefficient (Wildman–Crippen LogP) is 4.51. The van der Waals surface area contributed by atoms with Gasteiger partial charge in [-0.25, -0.2) is 4.21 Å². The number of benzene rings is 1. The van der Waals surface area contributed by atoms with Crippen LogP contribution in [0.15, 0.2) is 24.3 Å². The third-order valence-electron chi connectivity index (χ3n) is 4.03. The van der Waals surface area contributed by atoms with Gasteiger partial charge in [-0.15, -0.1) is 0 Å². The van der Waals surface area contributed by atoms with E-state index < -0.39 is 25.9 Å². The summed E-state index contributed by atoms with van der Waals surface area (Å²) in [6.45, 7) is 12.7. The van der Waals surface area contributed by atoms with Gasteiger partial charge in [-0.3, -0.25) is 0 Å². The second-order valence-electron chi connectivity index (χ2n) is 7.17. The lowest BCUT2D eigenvalue weighted by atomic mass is 10.0. The Bertz CT molecular complexity index is 490. The molecule has 1 N–H and O–H groups in total. The summed E-state index contributed by atoms with van der Waals surface area (Å²) in [5, 5.41) is 0. The van der Waals surface area contributed by atoms with E-state index in [2.05, 4.69) is 68.6 Å². The Morgan fingerprint density at radius 2 is 1.50 bits per heavy atom. The zero-order chi connectivity index (χ0) is 15.8. The van der Waals surface area contributed by atoms with E-state index in [0.717, 1.165) is 5.56 Å². The molecule has 0 aliphatic carbocycles. The van der Waals surface area contributed by atoms with Crippen molar-refractivity contribution in [3.05, 3.63) is 35.4 Å². The average molecular weight is 318 g/mol. The summed E-state index contributed by atoms with van der Waals surface area (Å²) >= 11 is 0. The molecule has 0 fully saturated rings. The fourth-order valence-corrected chi connectivity index (χ4v) is 5.18. The van der Waals surface area contributed by atoms with E-state index >= 15 is 0 Å². The number of hydrogen-bond donors (Lipinski definition) is 1. The summed E-state index contributed by atoms with van der Waals surface area (Å²) < 4.78 is 16.0. The summed E-state index contributed by atoms with van der Waals surface area (Å²) in [6.07, 6.45) is 4.38. The molecule has 0 bridgehead atoms. The Kier molecular flexibility index (Phi) is 5.16. The molecule has 1 rings (SSSR count). The topological polar surface area (TPSA) is 29.1 Å². The fourth-order valence-electron chi connectivity index (χ4n) is 1.48. The van der Waals surface area contributed by atoms with Crippen molar-refractivity contribution in [3.63, 3.8) is 0 Å². The smallest absolute Gasteiger partial charge is 0.110 e. The van der Waals surface area contributed by atoms with Gasteiger partial charge < -0.3 is 0 Å². The second-order valence-corrected chi connectivity index (χ2v) is 13.3. The largest absolute Gasteiger partial charge is 0.241 e. The first kappa shape index (κ1) is 17.7. The van der Waals surface area contributed by atoms with E-state index in [1.54, 1.807) is 0 Å². The summed E-state index contributed by atoms with van der Waals surface area (Å²) in [5.41, 5.74) is 2.34. The van der Waals surface area contributed by atoms with Crippen LogP contribution in [0.5, 0.6) is 0 Å². The Labute approximate surface area is 130 Å². The molecule has 0 amide bonds.